The van der Waals surface area contributed by atoms with E-state index in [1.54, 1.807) is 17.3 Å². The Bertz CT molecular complexity index is 554. The molecule has 1 saturated heterocycles. The summed E-state index contributed by atoms with van der Waals surface area (Å²) in [5, 5.41) is 16.2. The molecule has 9 nitrogen and oxygen atoms in total. The van der Waals surface area contributed by atoms with Crippen molar-refractivity contribution in [3.8, 4) is 0 Å². The van der Waals surface area contributed by atoms with E-state index in [1.807, 2.05) is 4.68 Å². The molecule has 9 heteroatoms. The fourth-order valence-corrected chi connectivity index (χ4v) is 2.59. The molecule has 0 spiro atoms. The second kappa shape index (κ2) is 7.41. The van der Waals surface area contributed by atoms with Crippen LogP contribution in [0.4, 0.5) is 0 Å². The minimum atomic E-state index is 0.121. The largest absolute Gasteiger partial charge is 0.374 e. The van der Waals surface area contributed by atoms with E-state index >= 15 is 0 Å². The summed E-state index contributed by atoms with van der Waals surface area (Å²) in [7, 11) is 0. The first-order chi connectivity index (χ1) is 10.8. The van der Waals surface area contributed by atoms with Gasteiger partial charge in [-0.05, 0) is 16.8 Å². The molecule has 1 atom stereocenters. The third kappa shape index (κ3) is 3.86. The van der Waals surface area contributed by atoms with Crippen molar-refractivity contribution in [2.75, 3.05) is 19.7 Å². The van der Waals surface area contributed by atoms with Crippen LogP contribution in [0.3, 0.4) is 0 Å². The van der Waals surface area contributed by atoms with Gasteiger partial charge in [0.2, 0.25) is 0 Å². The Kier molecular flexibility index (Phi) is 5.07. The fraction of sp³-hybridized carbons (Fsp3) is 0.769. The van der Waals surface area contributed by atoms with Crippen LogP contribution in [-0.2, 0) is 24.4 Å². The van der Waals surface area contributed by atoms with Gasteiger partial charge in [-0.15, -0.1) is 5.10 Å². The summed E-state index contributed by atoms with van der Waals surface area (Å²) in [6, 6.07) is 0. The van der Waals surface area contributed by atoms with Crippen LogP contribution in [0.1, 0.15) is 25.6 Å². The standard InChI is InChI=1S/C13H22N8O/c1-2-3-4-21-13(16-17-18-21)9-19-5-6-22-12(7-19)8-20-11-14-10-15-20/h10-12H,2-9H2,1H3/t12-/m1/s1. The molecule has 1 fully saturated rings. The number of hydrogen-bond acceptors (Lipinski definition) is 7. The van der Waals surface area contributed by atoms with Gasteiger partial charge in [0.15, 0.2) is 5.82 Å². The van der Waals surface area contributed by atoms with Gasteiger partial charge in [-0.2, -0.15) is 5.10 Å². The molecule has 1 aliphatic heterocycles. The average Bonchev–Trinajstić information content (AvgIpc) is 3.18. The van der Waals surface area contributed by atoms with Crippen LogP contribution < -0.4 is 0 Å². The number of morpholine rings is 1. The summed E-state index contributed by atoms with van der Waals surface area (Å²) in [6.45, 7) is 6.99. The maximum Gasteiger partial charge on any atom is 0.165 e. The van der Waals surface area contributed by atoms with Crippen molar-refractivity contribution >= 4 is 0 Å². The quantitative estimate of drug-likeness (QED) is 0.709. The third-order valence-electron chi connectivity index (χ3n) is 3.77. The molecule has 0 radical (unpaired) electrons. The maximum atomic E-state index is 5.81. The van der Waals surface area contributed by atoms with Gasteiger partial charge in [-0.1, -0.05) is 13.3 Å². The van der Waals surface area contributed by atoms with Crippen molar-refractivity contribution in [1.82, 2.24) is 39.9 Å². The van der Waals surface area contributed by atoms with Crippen LogP contribution in [-0.4, -0.2) is 65.7 Å². The van der Waals surface area contributed by atoms with E-state index in [4.69, 9.17) is 4.74 Å². The van der Waals surface area contributed by atoms with Crippen molar-refractivity contribution in [2.24, 2.45) is 0 Å². The van der Waals surface area contributed by atoms with E-state index in [0.29, 0.717) is 0 Å². The maximum absolute atomic E-state index is 5.81. The lowest BCUT2D eigenvalue weighted by atomic mass is 10.2. The lowest BCUT2D eigenvalue weighted by molar-refractivity contribution is -0.0413. The number of aryl methyl sites for hydroxylation is 1. The molecule has 2 aromatic rings. The smallest absolute Gasteiger partial charge is 0.165 e. The molecule has 120 valence electrons. The van der Waals surface area contributed by atoms with Crippen LogP contribution in [0.25, 0.3) is 0 Å². The summed E-state index contributed by atoms with van der Waals surface area (Å²) in [5.74, 6) is 0.926. The molecule has 2 aromatic heterocycles. The van der Waals surface area contributed by atoms with Gasteiger partial charge in [0.25, 0.3) is 0 Å². The monoisotopic (exact) mass is 306 g/mol. The van der Waals surface area contributed by atoms with Crippen LogP contribution in [0.15, 0.2) is 12.7 Å². The number of rotatable bonds is 7. The van der Waals surface area contributed by atoms with Gasteiger partial charge in [0.05, 0.1) is 25.8 Å². The average molecular weight is 306 g/mol. The molecule has 0 bridgehead atoms. The predicted molar refractivity (Wildman–Crippen MR) is 77.8 cm³/mol. The molecule has 0 saturated carbocycles. The number of ether oxygens (including phenoxy) is 1. The fourth-order valence-electron chi connectivity index (χ4n) is 2.59. The summed E-state index contributed by atoms with van der Waals surface area (Å²) < 4.78 is 9.52. The van der Waals surface area contributed by atoms with Gasteiger partial charge in [0.1, 0.15) is 12.7 Å². The zero-order valence-electron chi connectivity index (χ0n) is 12.9. The van der Waals surface area contributed by atoms with Gasteiger partial charge < -0.3 is 4.74 Å². The normalized spacial score (nSPS) is 19.6. The Hall–Kier alpha value is -1.87. The van der Waals surface area contributed by atoms with Crippen molar-refractivity contribution in [3.63, 3.8) is 0 Å². The number of unbranched alkanes of at least 4 members (excludes halogenated alkanes) is 1. The van der Waals surface area contributed by atoms with E-state index in [0.717, 1.165) is 58.0 Å². The number of hydrogen-bond donors (Lipinski definition) is 0. The first-order valence-corrected chi connectivity index (χ1v) is 7.76. The molecular formula is C13H22N8O. The highest BCUT2D eigenvalue weighted by atomic mass is 16.5. The lowest BCUT2D eigenvalue weighted by Crippen LogP contribution is -2.44. The molecule has 3 heterocycles. The molecule has 0 N–H and O–H groups in total. The molecule has 3 rings (SSSR count). The van der Waals surface area contributed by atoms with Gasteiger partial charge in [-0.25, -0.2) is 9.67 Å². The van der Waals surface area contributed by atoms with Gasteiger partial charge in [0, 0.05) is 19.6 Å². The zero-order valence-corrected chi connectivity index (χ0v) is 12.9. The Morgan fingerprint density at radius 1 is 1.41 bits per heavy atom. The number of tetrazole rings is 1. The second-order valence-corrected chi connectivity index (χ2v) is 5.52. The Balaban J connectivity index is 1.55. The lowest BCUT2D eigenvalue weighted by Gasteiger charge is -2.32. The number of nitrogens with zero attached hydrogens (tertiary/aromatic N) is 8. The summed E-state index contributed by atoms with van der Waals surface area (Å²) in [5.41, 5.74) is 0. The molecule has 0 aromatic carbocycles. The molecular weight excluding hydrogens is 284 g/mol. The zero-order chi connectivity index (χ0) is 15.2. The molecule has 1 aliphatic rings. The van der Waals surface area contributed by atoms with E-state index in [-0.39, 0.29) is 6.10 Å². The first kappa shape index (κ1) is 15.0. The molecule has 22 heavy (non-hydrogen) atoms. The Morgan fingerprint density at radius 3 is 3.18 bits per heavy atom. The molecule has 0 amide bonds. The van der Waals surface area contributed by atoms with E-state index in [1.165, 1.54) is 0 Å². The van der Waals surface area contributed by atoms with Crippen molar-refractivity contribution in [2.45, 2.75) is 45.5 Å². The van der Waals surface area contributed by atoms with Crippen LogP contribution in [0, 0.1) is 0 Å². The SMILES string of the molecule is CCCCn1nnnc1CN1CCO[C@@H](Cn2cncn2)C1. The minimum Gasteiger partial charge on any atom is -0.374 e. The van der Waals surface area contributed by atoms with E-state index < -0.39 is 0 Å². The summed E-state index contributed by atoms with van der Waals surface area (Å²) in [6.07, 6.45) is 5.61. The topological polar surface area (TPSA) is 86.8 Å². The van der Waals surface area contributed by atoms with Crippen molar-refractivity contribution < 1.29 is 4.74 Å². The van der Waals surface area contributed by atoms with E-state index in [2.05, 4.69) is 37.4 Å². The van der Waals surface area contributed by atoms with Crippen molar-refractivity contribution in [3.05, 3.63) is 18.5 Å². The molecule has 0 unspecified atom stereocenters. The highest BCUT2D eigenvalue weighted by molar-refractivity contribution is 4.83. The van der Waals surface area contributed by atoms with Crippen LogP contribution in [0.2, 0.25) is 0 Å². The number of aromatic nitrogens is 7. The predicted octanol–water partition coefficient (Wildman–Crippen LogP) is -0.0343. The van der Waals surface area contributed by atoms with Crippen LogP contribution in [0.5, 0.6) is 0 Å². The summed E-state index contributed by atoms with van der Waals surface area (Å²) >= 11 is 0. The van der Waals surface area contributed by atoms with Gasteiger partial charge >= 0.3 is 0 Å². The third-order valence-corrected chi connectivity index (χ3v) is 3.77. The first-order valence-electron chi connectivity index (χ1n) is 7.76. The highest BCUT2D eigenvalue weighted by Gasteiger charge is 2.22. The van der Waals surface area contributed by atoms with Crippen LogP contribution >= 0.6 is 0 Å². The Morgan fingerprint density at radius 2 is 2.36 bits per heavy atom. The second-order valence-electron chi connectivity index (χ2n) is 5.52. The van der Waals surface area contributed by atoms with E-state index in [9.17, 15) is 0 Å². The minimum absolute atomic E-state index is 0.121. The Labute approximate surface area is 129 Å². The van der Waals surface area contributed by atoms with Crippen molar-refractivity contribution in [1.29, 1.82) is 0 Å². The highest BCUT2D eigenvalue weighted by Crippen LogP contribution is 2.10. The summed E-state index contributed by atoms with van der Waals surface area (Å²) in [4.78, 5) is 6.29. The van der Waals surface area contributed by atoms with Gasteiger partial charge in [-0.3, -0.25) is 9.58 Å². The molecule has 0 aliphatic carbocycles.